The lowest BCUT2D eigenvalue weighted by molar-refractivity contribution is 0.392. The van der Waals surface area contributed by atoms with Crippen LogP contribution in [0.3, 0.4) is 0 Å². The first-order valence-corrected chi connectivity index (χ1v) is 5.91. The predicted octanol–water partition coefficient (Wildman–Crippen LogP) is 2.45. The average Bonchev–Trinajstić information content (AvgIpc) is 2.33. The third-order valence-corrected chi connectivity index (χ3v) is 3.58. The van der Waals surface area contributed by atoms with E-state index in [1.807, 2.05) is 0 Å². The van der Waals surface area contributed by atoms with Crippen LogP contribution in [0.15, 0.2) is 11.3 Å². The lowest BCUT2D eigenvalue weighted by Gasteiger charge is -2.15. The fourth-order valence-corrected chi connectivity index (χ4v) is 2.28. The SMILES string of the molecule is BC(C)CCCC1CN(C)C(C)=C1C. The first kappa shape index (κ1) is 11.7. The van der Waals surface area contributed by atoms with Gasteiger partial charge in [-0.2, -0.15) is 0 Å². The molecular weight excluding hydrogens is 169 g/mol. The van der Waals surface area contributed by atoms with Gasteiger partial charge in [0.2, 0.25) is 0 Å². The predicted molar refractivity (Wildman–Crippen MR) is 66.3 cm³/mol. The van der Waals surface area contributed by atoms with Gasteiger partial charge >= 0.3 is 0 Å². The van der Waals surface area contributed by atoms with Gasteiger partial charge in [0.15, 0.2) is 0 Å². The molecule has 0 aromatic carbocycles. The number of rotatable bonds is 4. The quantitative estimate of drug-likeness (QED) is 0.620. The summed E-state index contributed by atoms with van der Waals surface area (Å²) in [6.07, 6.45) is 4.15. The van der Waals surface area contributed by atoms with Gasteiger partial charge in [-0.25, -0.2) is 0 Å². The number of nitrogens with zero attached hydrogens (tertiary/aromatic N) is 1. The van der Waals surface area contributed by atoms with Crippen molar-refractivity contribution >= 4 is 7.85 Å². The van der Waals surface area contributed by atoms with Gasteiger partial charge in [-0.15, -0.1) is 0 Å². The van der Waals surface area contributed by atoms with Gasteiger partial charge in [-0.1, -0.05) is 25.6 Å². The Hall–Kier alpha value is -0.395. The Bertz CT molecular complexity index is 220. The third-order valence-electron chi connectivity index (χ3n) is 3.58. The second kappa shape index (κ2) is 4.90. The monoisotopic (exact) mass is 193 g/mol. The fourth-order valence-electron chi connectivity index (χ4n) is 2.28. The summed E-state index contributed by atoms with van der Waals surface area (Å²) in [6.45, 7) is 8.11. The minimum absolute atomic E-state index is 0.832. The van der Waals surface area contributed by atoms with Gasteiger partial charge in [0.25, 0.3) is 0 Å². The van der Waals surface area contributed by atoms with E-state index in [0.717, 1.165) is 11.7 Å². The van der Waals surface area contributed by atoms with E-state index >= 15 is 0 Å². The Labute approximate surface area is 90.0 Å². The Morgan fingerprint density at radius 1 is 1.50 bits per heavy atom. The molecule has 2 atom stereocenters. The molecule has 0 aromatic heterocycles. The highest BCUT2D eigenvalue weighted by atomic mass is 15.1. The van der Waals surface area contributed by atoms with Crippen LogP contribution in [0.2, 0.25) is 5.82 Å². The largest absolute Gasteiger partial charge is 0.378 e. The number of hydrogen-bond donors (Lipinski definition) is 0. The van der Waals surface area contributed by atoms with Crippen LogP contribution in [0, 0.1) is 5.92 Å². The molecule has 1 aliphatic rings. The van der Waals surface area contributed by atoms with E-state index in [1.54, 1.807) is 5.57 Å². The van der Waals surface area contributed by atoms with Gasteiger partial charge in [-0.05, 0) is 31.8 Å². The van der Waals surface area contributed by atoms with Gasteiger partial charge in [0.05, 0.1) is 0 Å². The van der Waals surface area contributed by atoms with E-state index in [9.17, 15) is 0 Å². The molecule has 0 amide bonds. The summed E-state index contributed by atoms with van der Waals surface area (Å²) < 4.78 is 0. The molecule has 1 aliphatic heterocycles. The van der Waals surface area contributed by atoms with Crippen molar-refractivity contribution in [3.63, 3.8) is 0 Å². The standard InChI is InChI=1S/C12H24BN/c1-9(13)6-5-7-12-8-14(4)11(3)10(12)2/h9,12H,5-8,13H2,1-4H3. The van der Waals surface area contributed by atoms with Gasteiger partial charge in [0.1, 0.15) is 7.85 Å². The van der Waals surface area contributed by atoms with Crippen LogP contribution in [0.5, 0.6) is 0 Å². The lowest BCUT2D eigenvalue weighted by Crippen LogP contribution is -2.15. The van der Waals surface area contributed by atoms with Crippen LogP contribution in [-0.4, -0.2) is 26.3 Å². The van der Waals surface area contributed by atoms with Gasteiger partial charge < -0.3 is 4.90 Å². The van der Waals surface area contributed by atoms with E-state index in [-0.39, 0.29) is 0 Å². The molecule has 14 heavy (non-hydrogen) atoms. The molecule has 0 fully saturated rings. The highest BCUT2D eigenvalue weighted by Crippen LogP contribution is 2.30. The number of hydrogen-bond acceptors (Lipinski definition) is 1. The maximum absolute atomic E-state index is 2.40. The molecule has 2 unspecified atom stereocenters. The van der Waals surface area contributed by atoms with E-state index in [4.69, 9.17) is 0 Å². The van der Waals surface area contributed by atoms with E-state index in [0.29, 0.717) is 0 Å². The van der Waals surface area contributed by atoms with Gasteiger partial charge in [0, 0.05) is 19.3 Å². The van der Waals surface area contributed by atoms with Crippen molar-refractivity contribution in [3.05, 3.63) is 11.3 Å². The maximum atomic E-state index is 2.40. The molecule has 0 bridgehead atoms. The molecule has 0 N–H and O–H groups in total. The summed E-state index contributed by atoms with van der Waals surface area (Å²) in [7, 11) is 4.52. The van der Waals surface area contributed by atoms with Crippen LogP contribution in [0.25, 0.3) is 0 Å². The van der Waals surface area contributed by atoms with Crippen LogP contribution in [0.1, 0.15) is 40.0 Å². The molecule has 0 saturated heterocycles. The van der Waals surface area contributed by atoms with Crippen molar-refractivity contribution in [1.29, 1.82) is 0 Å². The van der Waals surface area contributed by atoms with Crippen LogP contribution < -0.4 is 0 Å². The van der Waals surface area contributed by atoms with Crippen molar-refractivity contribution in [1.82, 2.24) is 4.90 Å². The second-order valence-electron chi connectivity index (χ2n) is 5.17. The summed E-state index contributed by atoms with van der Waals surface area (Å²) in [5, 5.41) is 0. The minimum atomic E-state index is 0.832. The highest BCUT2D eigenvalue weighted by Gasteiger charge is 2.22. The van der Waals surface area contributed by atoms with Crippen LogP contribution in [0.4, 0.5) is 0 Å². The molecule has 0 aromatic rings. The summed E-state index contributed by atoms with van der Waals surface area (Å²) in [5.41, 5.74) is 3.12. The fraction of sp³-hybridized carbons (Fsp3) is 0.833. The zero-order chi connectivity index (χ0) is 10.7. The molecule has 0 saturated carbocycles. The van der Waals surface area contributed by atoms with E-state index in [1.165, 1.54) is 31.5 Å². The first-order chi connectivity index (χ1) is 6.52. The van der Waals surface area contributed by atoms with Crippen molar-refractivity contribution in [2.45, 2.75) is 45.9 Å². The lowest BCUT2D eigenvalue weighted by atomic mass is 9.83. The zero-order valence-electron chi connectivity index (χ0n) is 10.4. The Balaban J connectivity index is 2.34. The Morgan fingerprint density at radius 3 is 2.57 bits per heavy atom. The molecule has 1 nitrogen and oxygen atoms in total. The topological polar surface area (TPSA) is 3.24 Å². The van der Waals surface area contributed by atoms with Crippen molar-refractivity contribution in [2.75, 3.05) is 13.6 Å². The summed E-state index contributed by atoms with van der Waals surface area (Å²) in [6, 6.07) is 0. The normalized spacial score (nSPS) is 24.6. The van der Waals surface area contributed by atoms with Crippen LogP contribution in [-0.2, 0) is 0 Å². The average molecular weight is 193 g/mol. The van der Waals surface area contributed by atoms with Crippen molar-refractivity contribution < 1.29 is 0 Å². The third kappa shape index (κ3) is 2.80. The molecule has 0 spiro atoms. The van der Waals surface area contributed by atoms with Crippen molar-refractivity contribution in [3.8, 4) is 0 Å². The molecule has 0 radical (unpaired) electrons. The highest BCUT2D eigenvalue weighted by molar-refractivity contribution is 6.11. The Morgan fingerprint density at radius 2 is 2.14 bits per heavy atom. The van der Waals surface area contributed by atoms with Crippen molar-refractivity contribution in [2.24, 2.45) is 5.92 Å². The molecule has 1 rings (SSSR count). The second-order valence-corrected chi connectivity index (χ2v) is 5.17. The van der Waals surface area contributed by atoms with E-state index in [2.05, 4.69) is 40.6 Å². The summed E-state index contributed by atoms with van der Waals surface area (Å²) >= 11 is 0. The zero-order valence-corrected chi connectivity index (χ0v) is 10.4. The molecule has 2 heteroatoms. The molecular formula is C12H24BN. The summed E-state index contributed by atoms with van der Waals surface area (Å²) in [4.78, 5) is 2.40. The first-order valence-electron chi connectivity index (χ1n) is 5.91. The number of allylic oxidation sites excluding steroid dienone is 1. The minimum Gasteiger partial charge on any atom is -0.378 e. The molecule has 1 heterocycles. The van der Waals surface area contributed by atoms with Gasteiger partial charge in [-0.3, -0.25) is 0 Å². The Kier molecular flexibility index (Phi) is 4.09. The summed E-state index contributed by atoms with van der Waals surface area (Å²) in [5.74, 6) is 1.69. The van der Waals surface area contributed by atoms with Crippen LogP contribution >= 0.6 is 0 Å². The smallest absolute Gasteiger partial charge is 0.105 e. The molecule has 0 aliphatic carbocycles. The molecule has 80 valence electrons. The van der Waals surface area contributed by atoms with E-state index < -0.39 is 0 Å². The maximum Gasteiger partial charge on any atom is 0.105 e.